The van der Waals surface area contributed by atoms with Gasteiger partial charge in [0.25, 0.3) is 0 Å². The van der Waals surface area contributed by atoms with Crippen LogP contribution in [0.1, 0.15) is 0 Å². The molecule has 1 aromatic heterocycles. The molecular formula is C11H10Cl2N5O2S-. The number of alkyl halides is 1. The molecule has 3 rings (SSSR count). The van der Waals surface area contributed by atoms with Crippen LogP contribution in [0.15, 0.2) is 17.1 Å². The van der Waals surface area contributed by atoms with Gasteiger partial charge in [0.2, 0.25) is 0 Å². The third-order valence-electron chi connectivity index (χ3n) is 2.40. The first-order chi connectivity index (χ1) is 10.1. The fraction of sp³-hybridized carbons (Fsp3) is 0.273. The largest absolute Gasteiger partial charge is 0.549 e. The van der Waals surface area contributed by atoms with Crippen LogP contribution in [0.4, 0.5) is 5.69 Å². The van der Waals surface area contributed by atoms with Gasteiger partial charge in [-0.25, -0.2) is 0 Å². The molecule has 0 radical (unpaired) electrons. The van der Waals surface area contributed by atoms with E-state index in [9.17, 15) is 0 Å². The van der Waals surface area contributed by atoms with Gasteiger partial charge in [-0.3, -0.25) is 4.99 Å². The van der Waals surface area contributed by atoms with Gasteiger partial charge >= 0.3 is 0 Å². The number of fused-ring (bicyclic) bond motifs is 1. The van der Waals surface area contributed by atoms with Crippen LogP contribution in [0.3, 0.4) is 0 Å². The Hall–Kier alpha value is -1.64. The molecule has 21 heavy (non-hydrogen) atoms. The van der Waals surface area contributed by atoms with Gasteiger partial charge in [0.1, 0.15) is 11.0 Å². The van der Waals surface area contributed by atoms with Crippen molar-refractivity contribution < 1.29 is 9.90 Å². The zero-order valence-corrected chi connectivity index (χ0v) is 12.9. The SMILES string of the molecule is Clc1ccc2nsnc2c1NC1=NCCN1.O=C([O-])CCl. The van der Waals surface area contributed by atoms with E-state index in [1.54, 1.807) is 0 Å². The Labute approximate surface area is 134 Å². The van der Waals surface area contributed by atoms with Crippen LogP contribution in [0, 0.1) is 0 Å². The number of halogens is 2. The molecule has 10 heteroatoms. The number of aromatic nitrogens is 2. The smallest absolute Gasteiger partial charge is 0.196 e. The predicted molar refractivity (Wildman–Crippen MR) is 82.1 cm³/mol. The summed E-state index contributed by atoms with van der Waals surface area (Å²) >= 11 is 12.0. The second-order valence-electron chi connectivity index (χ2n) is 3.84. The highest BCUT2D eigenvalue weighted by Gasteiger charge is 2.13. The van der Waals surface area contributed by atoms with E-state index < -0.39 is 11.8 Å². The number of aliphatic carboxylic acids is 1. The first-order valence-electron chi connectivity index (χ1n) is 5.83. The van der Waals surface area contributed by atoms with Crippen LogP contribution < -0.4 is 15.7 Å². The van der Waals surface area contributed by atoms with E-state index in [1.165, 1.54) is 11.7 Å². The van der Waals surface area contributed by atoms with E-state index in [1.807, 2.05) is 12.1 Å². The lowest BCUT2D eigenvalue weighted by Crippen LogP contribution is -2.26. The summed E-state index contributed by atoms with van der Waals surface area (Å²) in [6.45, 7) is 1.64. The minimum atomic E-state index is -1.23. The number of benzene rings is 1. The molecular weight excluding hydrogens is 337 g/mol. The maximum atomic E-state index is 9.12. The Balaban J connectivity index is 0.000000282. The van der Waals surface area contributed by atoms with Crippen molar-refractivity contribution >= 4 is 63.6 Å². The topological polar surface area (TPSA) is 102 Å². The number of guanidine groups is 1. The van der Waals surface area contributed by atoms with Crippen molar-refractivity contribution in [3.05, 3.63) is 17.2 Å². The minimum Gasteiger partial charge on any atom is -0.549 e. The fourth-order valence-electron chi connectivity index (χ4n) is 1.55. The molecule has 0 unspecified atom stereocenters. The number of hydrogen-bond donors (Lipinski definition) is 2. The van der Waals surface area contributed by atoms with Crippen molar-refractivity contribution in [2.75, 3.05) is 24.3 Å². The minimum absolute atomic E-state index is 0.417. The molecule has 0 atom stereocenters. The van der Waals surface area contributed by atoms with Crippen molar-refractivity contribution in [2.45, 2.75) is 0 Å². The molecule has 2 N–H and O–H groups in total. The lowest BCUT2D eigenvalue weighted by atomic mass is 10.2. The highest BCUT2D eigenvalue weighted by Crippen LogP contribution is 2.29. The third kappa shape index (κ3) is 4.16. The number of rotatable bonds is 2. The third-order valence-corrected chi connectivity index (χ3v) is 3.48. The Morgan fingerprint density at radius 2 is 2.24 bits per heavy atom. The van der Waals surface area contributed by atoms with Gasteiger partial charge in [0, 0.05) is 6.54 Å². The molecule has 1 aliphatic heterocycles. The van der Waals surface area contributed by atoms with Gasteiger partial charge < -0.3 is 20.5 Å². The number of carbonyl (C=O) groups is 1. The number of hydrogen-bond acceptors (Lipinski definition) is 8. The van der Waals surface area contributed by atoms with E-state index in [2.05, 4.69) is 36.0 Å². The molecule has 0 saturated carbocycles. The second kappa shape index (κ2) is 7.39. The second-order valence-corrected chi connectivity index (χ2v) is 5.04. The van der Waals surface area contributed by atoms with Crippen LogP contribution in [0.25, 0.3) is 11.0 Å². The first kappa shape index (κ1) is 15.7. The molecule has 0 bridgehead atoms. The molecule has 0 fully saturated rings. The number of nitrogens with zero attached hydrogens (tertiary/aromatic N) is 3. The summed E-state index contributed by atoms with van der Waals surface area (Å²) in [5.41, 5.74) is 2.39. The maximum absolute atomic E-state index is 9.12. The molecule has 0 saturated heterocycles. The average molecular weight is 347 g/mol. The van der Waals surface area contributed by atoms with Crippen LogP contribution in [0.5, 0.6) is 0 Å². The van der Waals surface area contributed by atoms with Crippen LogP contribution in [-0.4, -0.2) is 39.6 Å². The van der Waals surface area contributed by atoms with E-state index in [4.69, 9.17) is 21.5 Å². The summed E-state index contributed by atoms with van der Waals surface area (Å²) in [5.74, 6) is -0.908. The van der Waals surface area contributed by atoms with E-state index in [-0.39, 0.29) is 0 Å². The summed E-state index contributed by atoms with van der Waals surface area (Å²) in [4.78, 5) is 13.4. The number of carbonyl (C=O) groups excluding carboxylic acids is 1. The Kier molecular flexibility index (Phi) is 5.54. The lowest BCUT2D eigenvalue weighted by molar-refractivity contribution is -0.301. The lowest BCUT2D eigenvalue weighted by Gasteiger charge is -2.08. The summed E-state index contributed by atoms with van der Waals surface area (Å²) in [6.07, 6.45) is 0. The van der Waals surface area contributed by atoms with Crippen molar-refractivity contribution in [2.24, 2.45) is 4.99 Å². The van der Waals surface area contributed by atoms with Crippen molar-refractivity contribution in [1.29, 1.82) is 0 Å². The van der Waals surface area contributed by atoms with Gasteiger partial charge in [-0.15, -0.1) is 11.6 Å². The summed E-state index contributed by atoms with van der Waals surface area (Å²) < 4.78 is 8.39. The zero-order valence-electron chi connectivity index (χ0n) is 10.6. The van der Waals surface area contributed by atoms with Crippen LogP contribution >= 0.6 is 34.9 Å². The van der Waals surface area contributed by atoms with Crippen molar-refractivity contribution in [1.82, 2.24) is 14.1 Å². The molecule has 1 aliphatic rings. The van der Waals surface area contributed by atoms with Gasteiger partial charge in [-0.05, 0) is 12.1 Å². The molecule has 2 heterocycles. The number of nitrogens with one attached hydrogen (secondary N) is 2. The average Bonchev–Trinajstić information content (AvgIpc) is 3.13. The maximum Gasteiger partial charge on any atom is 0.196 e. The van der Waals surface area contributed by atoms with Crippen LogP contribution in [-0.2, 0) is 4.79 Å². The van der Waals surface area contributed by atoms with Gasteiger partial charge in [0.15, 0.2) is 5.96 Å². The highest BCUT2D eigenvalue weighted by atomic mass is 35.5. The summed E-state index contributed by atoms with van der Waals surface area (Å²) in [7, 11) is 0. The highest BCUT2D eigenvalue weighted by molar-refractivity contribution is 7.00. The van der Waals surface area contributed by atoms with E-state index in [0.29, 0.717) is 5.02 Å². The van der Waals surface area contributed by atoms with E-state index in [0.717, 1.165) is 35.8 Å². The fourth-order valence-corrected chi connectivity index (χ4v) is 2.29. The van der Waals surface area contributed by atoms with Crippen LogP contribution in [0.2, 0.25) is 5.02 Å². The monoisotopic (exact) mass is 346 g/mol. The van der Waals surface area contributed by atoms with Gasteiger partial charge in [-0.2, -0.15) is 8.75 Å². The standard InChI is InChI=1S/C9H8ClN5S.C2H3ClO2/c10-5-1-2-6-8(15-16-14-6)7(5)13-9-11-3-4-12-9;3-1-2(4)5/h1-2H,3-4H2,(H2,11,12,13);1H2,(H,4,5)/p-1. The van der Waals surface area contributed by atoms with Gasteiger partial charge in [0.05, 0.1) is 40.8 Å². The molecule has 112 valence electrons. The van der Waals surface area contributed by atoms with Gasteiger partial charge in [-0.1, -0.05) is 11.6 Å². The molecule has 1 aromatic carbocycles. The molecule has 0 amide bonds. The summed E-state index contributed by atoms with van der Waals surface area (Å²) in [6, 6.07) is 3.67. The first-order valence-corrected chi connectivity index (χ1v) is 7.48. The Bertz CT molecular complexity index is 676. The normalized spacial score (nSPS) is 13.1. The Morgan fingerprint density at radius 3 is 2.86 bits per heavy atom. The molecule has 0 aliphatic carbocycles. The molecule has 0 spiro atoms. The number of carboxylic acid groups (broad SMARTS) is 1. The number of aliphatic imine (C=N–C) groups is 1. The summed E-state index contributed by atoms with van der Waals surface area (Å²) in [5, 5.41) is 16.0. The quantitative estimate of drug-likeness (QED) is 0.775. The predicted octanol–water partition coefficient (Wildman–Crippen LogP) is 0.691. The number of carboxylic acids is 1. The zero-order chi connectivity index (χ0) is 15.2. The van der Waals surface area contributed by atoms with Crippen molar-refractivity contribution in [3.8, 4) is 0 Å². The van der Waals surface area contributed by atoms with Crippen molar-refractivity contribution in [3.63, 3.8) is 0 Å². The molecule has 2 aromatic rings. The molecule has 7 nitrogen and oxygen atoms in total. The Morgan fingerprint density at radius 1 is 1.48 bits per heavy atom. The number of anilines is 1. The van der Waals surface area contributed by atoms with E-state index >= 15 is 0 Å².